The lowest BCUT2D eigenvalue weighted by atomic mass is 10.1. The fourth-order valence-electron chi connectivity index (χ4n) is 1.82. The van der Waals surface area contributed by atoms with Gasteiger partial charge in [-0.2, -0.15) is 0 Å². The minimum atomic E-state index is 0.611. The average molecular weight is 279 g/mol. The van der Waals surface area contributed by atoms with Gasteiger partial charge in [0.15, 0.2) is 5.96 Å². The summed E-state index contributed by atoms with van der Waals surface area (Å²) >= 11 is 0. The monoisotopic (exact) mass is 279 g/mol. The molecule has 0 saturated heterocycles. The van der Waals surface area contributed by atoms with Crippen molar-refractivity contribution in [2.45, 2.75) is 20.4 Å². The van der Waals surface area contributed by atoms with Crippen LogP contribution >= 0.6 is 0 Å². The maximum atomic E-state index is 5.27. The first-order valence-corrected chi connectivity index (χ1v) is 6.85. The summed E-state index contributed by atoms with van der Waals surface area (Å²) in [7, 11) is 3.36. The Morgan fingerprint density at radius 1 is 1.20 bits per heavy atom. The lowest BCUT2D eigenvalue weighted by molar-refractivity contribution is 0.203. The highest BCUT2D eigenvalue weighted by atomic mass is 16.5. The fraction of sp³-hybridized carbons (Fsp3) is 0.533. The molecular formula is C15H25N3O2. The number of guanidine groups is 1. The van der Waals surface area contributed by atoms with Crippen LogP contribution in [-0.2, 0) is 11.3 Å². The Balaban J connectivity index is 2.67. The molecule has 1 aromatic rings. The SMILES string of the molecule is CCNC(=NCc1cc(C)cc(OC)c1)NCCOC. The Labute approximate surface area is 121 Å². The first kappa shape index (κ1) is 16.3. The molecule has 0 saturated carbocycles. The van der Waals surface area contributed by atoms with Crippen LogP contribution in [0, 0.1) is 6.92 Å². The summed E-state index contributed by atoms with van der Waals surface area (Å²) in [5, 5.41) is 6.42. The number of aliphatic imine (C=N–C) groups is 1. The predicted molar refractivity (Wildman–Crippen MR) is 82.4 cm³/mol. The molecule has 0 spiro atoms. The Kier molecular flexibility index (Phi) is 7.50. The number of nitrogens with one attached hydrogen (secondary N) is 2. The number of rotatable bonds is 7. The van der Waals surface area contributed by atoms with Crippen LogP contribution in [0.2, 0.25) is 0 Å². The van der Waals surface area contributed by atoms with E-state index in [4.69, 9.17) is 9.47 Å². The molecule has 0 heterocycles. The quantitative estimate of drug-likeness (QED) is 0.453. The van der Waals surface area contributed by atoms with Gasteiger partial charge < -0.3 is 20.1 Å². The molecular weight excluding hydrogens is 254 g/mol. The van der Waals surface area contributed by atoms with Gasteiger partial charge in [0.05, 0.1) is 20.3 Å². The molecule has 0 radical (unpaired) electrons. The third-order valence-corrected chi connectivity index (χ3v) is 2.71. The summed E-state index contributed by atoms with van der Waals surface area (Å²) in [5.74, 6) is 1.66. The van der Waals surface area contributed by atoms with Crippen LogP contribution in [-0.4, -0.2) is 39.9 Å². The number of hydrogen-bond acceptors (Lipinski definition) is 3. The van der Waals surface area contributed by atoms with Crippen LogP contribution in [0.4, 0.5) is 0 Å². The molecule has 0 unspecified atom stereocenters. The van der Waals surface area contributed by atoms with Gasteiger partial charge in [0.25, 0.3) is 0 Å². The van der Waals surface area contributed by atoms with Crippen molar-refractivity contribution in [1.29, 1.82) is 0 Å². The molecule has 0 aromatic heterocycles. The lowest BCUT2D eigenvalue weighted by Crippen LogP contribution is -2.38. The zero-order valence-electron chi connectivity index (χ0n) is 12.8. The molecule has 112 valence electrons. The van der Waals surface area contributed by atoms with E-state index >= 15 is 0 Å². The van der Waals surface area contributed by atoms with Gasteiger partial charge in [-0.1, -0.05) is 6.07 Å². The molecule has 0 aliphatic rings. The number of nitrogens with zero attached hydrogens (tertiary/aromatic N) is 1. The van der Waals surface area contributed by atoms with Gasteiger partial charge in [-0.3, -0.25) is 0 Å². The molecule has 0 amide bonds. The minimum Gasteiger partial charge on any atom is -0.497 e. The first-order valence-electron chi connectivity index (χ1n) is 6.85. The number of hydrogen-bond donors (Lipinski definition) is 2. The zero-order valence-corrected chi connectivity index (χ0v) is 12.8. The van der Waals surface area contributed by atoms with E-state index in [1.807, 2.05) is 19.1 Å². The summed E-state index contributed by atoms with van der Waals surface area (Å²) in [5.41, 5.74) is 2.30. The van der Waals surface area contributed by atoms with E-state index in [1.165, 1.54) is 5.56 Å². The van der Waals surface area contributed by atoms with Crippen LogP contribution in [0.5, 0.6) is 5.75 Å². The van der Waals surface area contributed by atoms with Crippen molar-refractivity contribution >= 4 is 5.96 Å². The van der Waals surface area contributed by atoms with Crippen LogP contribution < -0.4 is 15.4 Å². The molecule has 1 rings (SSSR count). The van der Waals surface area contributed by atoms with Crippen molar-refractivity contribution in [2.24, 2.45) is 4.99 Å². The normalized spacial score (nSPS) is 11.3. The third kappa shape index (κ3) is 5.93. The van der Waals surface area contributed by atoms with E-state index in [0.29, 0.717) is 13.2 Å². The second-order valence-corrected chi connectivity index (χ2v) is 4.47. The Bertz CT molecular complexity index is 433. The maximum absolute atomic E-state index is 5.27. The van der Waals surface area contributed by atoms with Crippen LogP contribution in [0.15, 0.2) is 23.2 Å². The highest BCUT2D eigenvalue weighted by Crippen LogP contribution is 2.16. The third-order valence-electron chi connectivity index (χ3n) is 2.71. The van der Waals surface area contributed by atoms with E-state index in [2.05, 4.69) is 28.6 Å². The first-order chi connectivity index (χ1) is 9.69. The van der Waals surface area contributed by atoms with Gasteiger partial charge in [-0.05, 0) is 37.1 Å². The van der Waals surface area contributed by atoms with E-state index in [0.717, 1.165) is 30.4 Å². The molecule has 0 aliphatic heterocycles. The van der Waals surface area contributed by atoms with E-state index in [9.17, 15) is 0 Å². The second-order valence-electron chi connectivity index (χ2n) is 4.47. The largest absolute Gasteiger partial charge is 0.497 e. The molecule has 0 bridgehead atoms. The molecule has 0 fully saturated rings. The zero-order chi connectivity index (χ0) is 14.8. The standard InChI is InChI=1S/C15H25N3O2/c1-5-16-15(17-6-7-19-3)18-11-13-8-12(2)9-14(10-13)20-4/h8-10H,5-7,11H2,1-4H3,(H2,16,17,18). The maximum Gasteiger partial charge on any atom is 0.191 e. The van der Waals surface area contributed by atoms with Gasteiger partial charge in [0.1, 0.15) is 5.75 Å². The molecule has 5 heteroatoms. The van der Waals surface area contributed by atoms with Crippen LogP contribution in [0.1, 0.15) is 18.1 Å². The van der Waals surface area contributed by atoms with E-state index < -0.39 is 0 Å². The predicted octanol–water partition coefficient (Wildman–Crippen LogP) is 1.71. The minimum absolute atomic E-state index is 0.611. The summed E-state index contributed by atoms with van der Waals surface area (Å²) in [4.78, 5) is 4.56. The Morgan fingerprint density at radius 2 is 2.00 bits per heavy atom. The van der Waals surface area contributed by atoms with Crippen molar-refractivity contribution in [2.75, 3.05) is 33.9 Å². The number of aryl methyl sites for hydroxylation is 1. The average Bonchev–Trinajstić information content (AvgIpc) is 2.44. The summed E-state index contributed by atoms with van der Waals surface area (Å²) in [6.45, 7) is 6.93. The van der Waals surface area contributed by atoms with Crippen molar-refractivity contribution < 1.29 is 9.47 Å². The molecule has 2 N–H and O–H groups in total. The van der Waals surface area contributed by atoms with Gasteiger partial charge in [0.2, 0.25) is 0 Å². The Morgan fingerprint density at radius 3 is 2.65 bits per heavy atom. The second kappa shape index (κ2) is 9.20. The molecule has 0 aliphatic carbocycles. The van der Waals surface area contributed by atoms with Gasteiger partial charge in [-0.25, -0.2) is 4.99 Å². The summed E-state index contributed by atoms with van der Waals surface area (Å²) in [6.07, 6.45) is 0. The number of ether oxygens (including phenoxy) is 2. The summed E-state index contributed by atoms with van der Waals surface area (Å²) in [6, 6.07) is 6.13. The fourth-order valence-corrected chi connectivity index (χ4v) is 1.82. The van der Waals surface area contributed by atoms with E-state index in [1.54, 1.807) is 14.2 Å². The van der Waals surface area contributed by atoms with Gasteiger partial charge in [-0.15, -0.1) is 0 Å². The summed E-state index contributed by atoms with van der Waals surface area (Å²) < 4.78 is 10.3. The van der Waals surface area contributed by atoms with E-state index in [-0.39, 0.29) is 0 Å². The molecule has 20 heavy (non-hydrogen) atoms. The molecule has 1 aromatic carbocycles. The topological polar surface area (TPSA) is 54.9 Å². The van der Waals surface area contributed by atoms with Crippen molar-refractivity contribution in [1.82, 2.24) is 10.6 Å². The highest BCUT2D eigenvalue weighted by Gasteiger charge is 2.00. The van der Waals surface area contributed by atoms with Crippen molar-refractivity contribution in [3.05, 3.63) is 29.3 Å². The van der Waals surface area contributed by atoms with Gasteiger partial charge >= 0.3 is 0 Å². The van der Waals surface area contributed by atoms with Gasteiger partial charge in [0, 0.05) is 20.2 Å². The highest BCUT2D eigenvalue weighted by molar-refractivity contribution is 5.79. The van der Waals surface area contributed by atoms with Crippen LogP contribution in [0.25, 0.3) is 0 Å². The smallest absolute Gasteiger partial charge is 0.191 e. The number of methoxy groups -OCH3 is 2. The number of benzene rings is 1. The molecule has 0 atom stereocenters. The van der Waals surface area contributed by atoms with Crippen LogP contribution in [0.3, 0.4) is 0 Å². The van der Waals surface area contributed by atoms with Crippen molar-refractivity contribution in [3.8, 4) is 5.75 Å². The molecule has 5 nitrogen and oxygen atoms in total. The lowest BCUT2D eigenvalue weighted by Gasteiger charge is -2.11. The Hall–Kier alpha value is -1.75. The van der Waals surface area contributed by atoms with Crippen molar-refractivity contribution in [3.63, 3.8) is 0 Å².